The van der Waals surface area contributed by atoms with Crippen molar-refractivity contribution in [2.24, 2.45) is 0 Å². The van der Waals surface area contributed by atoms with Gasteiger partial charge >= 0.3 is 12.1 Å². The van der Waals surface area contributed by atoms with Gasteiger partial charge in [-0.05, 0) is 80.7 Å². The minimum atomic E-state index is -0.936. The first-order valence-corrected chi connectivity index (χ1v) is 10.6. The highest BCUT2D eigenvalue weighted by Crippen LogP contribution is 2.38. The Balaban J connectivity index is 0.000000173. The van der Waals surface area contributed by atoms with E-state index >= 15 is 0 Å². The molecular weight excluding hydrogens is 382 g/mol. The van der Waals surface area contributed by atoms with Crippen molar-refractivity contribution < 1.29 is 19.4 Å². The van der Waals surface area contributed by atoms with Gasteiger partial charge in [-0.25, -0.2) is 14.8 Å². The number of benzene rings is 1. The molecule has 7 heteroatoms. The number of esters is 1. The highest BCUT2D eigenvalue weighted by molar-refractivity contribution is 5.86. The van der Waals surface area contributed by atoms with Crippen LogP contribution in [0, 0.1) is 0 Å². The summed E-state index contributed by atoms with van der Waals surface area (Å²) in [6, 6.07) is 4.05. The topological polar surface area (TPSA) is 101 Å². The van der Waals surface area contributed by atoms with Crippen molar-refractivity contribution in [3.05, 3.63) is 52.6 Å². The molecule has 0 saturated carbocycles. The first-order valence-electron chi connectivity index (χ1n) is 10.6. The van der Waals surface area contributed by atoms with Crippen LogP contribution in [0.3, 0.4) is 0 Å². The summed E-state index contributed by atoms with van der Waals surface area (Å²) in [4.78, 5) is 30.0. The number of carboxylic acid groups (broad SMARTS) is 1. The van der Waals surface area contributed by atoms with Gasteiger partial charge in [-0.1, -0.05) is 6.07 Å². The summed E-state index contributed by atoms with van der Waals surface area (Å²) in [5, 5.41) is 11.5. The lowest BCUT2D eigenvalue weighted by Crippen LogP contribution is -2.12. The molecule has 2 N–H and O–H groups in total. The van der Waals surface area contributed by atoms with Crippen molar-refractivity contribution in [2.45, 2.75) is 71.3 Å². The van der Waals surface area contributed by atoms with Gasteiger partial charge in [-0.2, -0.15) is 0 Å². The van der Waals surface area contributed by atoms with Crippen molar-refractivity contribution >= 4 is 17.7 Å². The molecule has 0 radical (unpaired) electrons. The molecule has 1 aromatic carbocycles. The molecule has 4 rings (SSSR count). The van der Waals surface area contributed by atoms with E-state index in [1.165, 1.54) is 22.3 Å². The summed E-state index contributed by atoms with van der Waals surface area (Å²) < 4.78 is 4.98. The van der Waals surface area contributed by atoms with E-state index in [4.69, 9.17) is 9.84 Å². The highest BCUT2D eigenvalue weighted by atomic mass is 16.5. The molecule has 2 aromatic rings. The number of ether oxygens (including phenoxy) is 1. The number of fused-ring (bicyclic) bond motifs is 2. The third kappa shape index (κ3) is 5.78. The smallest absolute Gasteiger partial charge is 0.409 e. The molecule has 160 valence electrons. The van der Waals surface area contributed by atoms with E-state index in [9.17, 15) is 9.59 Å². The van der Waals surface area contributed by atoms with E-state index < -0.39 is 6.09 Å². The van der Waals surface area contributed by atoms with Gasteiger partial charge in [0.2, 0.25) is 0 Å². The quantitative estimate of drug-likeness (QED) is 0.718. The molecule has 0 aliphatic heterocycles. The second-order valence-electron chi connectivity index (χ2n) is 7.87. The molecule has 2 aliphatic carbocycles. The number of carbonyl (C=O) groups is 2. The van der Waals surface area contributed by atoms with Gasteiger partial charge < -0.3 is 9.84 Å². The van der Waals surface area contributed by atoms with Crippen molar-refractivity contribution in [2.75, 3.05) is 5.32 Å². The fourth-order valence-corrected chi connectivity index (χ4v) is 4.07. The number of hydrogen-bond donors (Lipinski definition) is 2. The lowest BCUT2D eigenvalue weighted by molar-refractivity contribution is -0.147. The van der Waals surface area contributed by atoms with Crippen LogP contribution in [0.5, 0.6) is 0 Å². The predicted molar refractivity (Wildman–Crippen MR) is 114 cm³/mol. The van der Waals surface area contributed by atoms with Crippen molar-refractivity contribution in [3.8, 4) is 0 Å². The summed E-state index contributed by atoms with van der Waals surface area (Å²) in [7, 11) is 0. The van der Waals surface area contributed by atoms with Gasteiger partial charge in [-0.3, -0.25) is 10.1 Å². The molecule has 1 aromatic heterocycles. The number of rotatable bonds is 5. The Bertz CT molecular complexity index is 865. The summed E-state index contributed by atoms with van der Waals surface area (Å²) in [6.45, 7) is 3.66. The molecule has 1 heterocycles. The Labute approximate surface area is 176 Å². The third-order valence-corrected chi connectivity index (χ3v) is 5.24. The molecule has 1 amide bonds. The van der Waals surface area contributed by atoms with Crippen molar-refractivity contribution in [1.82, 2.24) is 9.97 Å². The second-order valence-corrected chi connectivity index (χ2v) is 7.87. The zero-order valence-electron chi connectivity index (χ0n) is 17.6. The first kappa shape index (κ1) is 21.7. The molecule has 2 aliphatic rings. The Morgan fingerprint density at radius 2 is 1.67 bits per heavy atom. The fourth-order valence-electron chi connectivity index (χ4n) is 4.07. The molecule has 0 fully saturated rings. The van der Waals surface area contributed by atoms with Gasteiger partial charge in [-0.15, -0.1) is 0 Å². The maximum atomic E-state index is 11.1. The number of carbonyl (C=O) groups excluding carboxylic acids is 1. The minimum absolute atomic E-state index is 0.0563. The van der Waals surface area contributed by atoms with Crippen LogP contribution in [0.25, 0.3) is 0 Å². The molecule has 0 bridgehead atoms. The summed E-state index contributed by atoms with van der Waals surface area (Å²) >= 11 is 0. The van der Waals surface area contributed by atoms with Gasteiger partial charge in [0.05, 0.1) is 18.2 Å². The number of amides is 1. The molecule has 30 heavy (non-hydrogen) atoms. The van der Waals surface area contributed by atoms with Gasteiger partial charge in [0, 0.05) is 18.8 Å². The van der Waals surface area contributed by atoms with E-state index in [0.29, 0.717) is 18.7 Å². The number of hydrogen-bond acceptors (Lipinski definition) is 5. The van der Waals surface area contributed by atoms with Gasteiger partial charge in [0.15, 0.2) is 0 Å². The molecular formula is C23H29N3O4. The van der Waals surface area contributed by atoms with E-state index in [2.05, 4.69) is 21.4 Å². The predicted octanol–water partition coefficient (Wildman–Crippen LogP) is 4.11. The van der Waals surface area contributed by atoms with Crippen LogP contribution in [-0.2, 0) is 41.6 Å². The zero-order valence-corrected chi connectivity index (χ0v) is 17.6. The third-order valence-electron chi connectivity index (χ3n) is 5.24. The Morgan fingerprint density at radius 1 is 1.07 bits per heavy atom. The van der Waals surface area contributed by atoms with E-state index in [-0.39, 0.29) is 12.1 Å². The molecule has 0 saturated heterocycles. The average Bonchev–Trinajstić information content (AvgIpc) is 3.36. The Kier molecular flexibility index (Phi) is 7.38. The fraction of sp³-hybridized carbons (Fsp3) is 0.478. The van der Waals surface area contributed by atoms with Crippen LogP contribution >= 0.6 is 0 Å². The SMILES string of the molecule is CC(C)OC(=O)CCc1ncccn1.O=C(O)Nc1c2c(cc3c1CCC3)CCC2. The van der Waals surface area contributed by atoms with Gasteiger partial charge in [0.1, 0.15) is 5.82 Å². The van der Waals surface area contributed by atoms with Crippen LogP contribution in [0.4, 0.5) is 10.5 Å². The van der Waals surface area contributed by atoms with Crippen LogP contribution in [0.2, 0.25) is 0 Å². The standard InChI is InChI=1S/C13H15NO2.C10H14N2O2/c15-13(16)14-12-10-5-1-3-8(10)7-9-4-2-6-11(9)12;1-8(2)14-10(13)5-4-9-11-6-3-7-12-9/h7,14H,1-6H2,(H,15,16);3,6-8H,4-5H2,1-2H3. The van der Waals surface area contributed by atoms with Crippen LogP contribution < -0.4 is 5.32 Å². The van der Waals surface area contributed by atoms with E-state index in [1.54, 1.807) is 18.5 Å². The second kappa shape index (κ2) is 10.2. The first-order chi connectivity index (χ1) is 14.4. The average molecular weight is 412 g/mol. The Morgan fingerprint density at radius 3 is 2.20 bits per heavy atom. The molecule has 7 nitrogen and oxygen atoms in total. The minimum Gasteiger partial charge on any atom is -0.465 e. The van der Waals surface area contributed by atoms with E-state index in [0.717, 1.165) is 44.2 Å². The summed E-state index contributed by atoms with van der Waals surface area (Å²) in [6.07, 6.45) is 9.79. The number of nitrogens with zero attached hydrogens (tertiary/aromatic N) is 2. The monoisotopic (exact) mass is 411 g/mol. The van der Waals surface area contributed by atoms with Crippen LogP contribution in [0.1, 0.15) is 61.2 Å². The number of aryl methyl sites for hydroxylation is 3. The molecule has 0 spiro atoms. The zero-order chi connectivity index (χ0) is 21.5. The summed E-state index contributed by atoms with van der Waals surface area (Å²) in [5.74, 6) is 0.473. The van der Waals surface area contributed by atoms with Gasteiger partial charge in [0.25, 0.3) is 0 Å². The highest BCUT2D eigenvalue weighted by Gasteiger charge is 2.24. The normalized spacial score (nSPS) is 13.8. The lowest BCUT2D eigenvalue weighted by atomic mass is 9.99. The lowest BCUT2D eigenvalue weighted by Gasteiger charge is -2.14. The van der Waals surface area contributed by atoms with Crippen LogP contribution in [-0.4, -0.2) is 33.2 Å². The summed E-state index contributed by atoms with van der Waals surface area (Å²) in [5.41, 5.74) is 6.15. The maximum Gasteiger partial charge on any atom is 0.409 e. The maximum absolute atomic E-state index is 11.1. The van der Waals surface area contributed by atoms with Crippen molar-refractivity contribution in [1.29, 1.82) is 0 Å². The molecule has 0 unspecified atom stereocenters. The van der Waals surface area contributed by atoms with Crippen molar-refractivity contribution in [3.63, 3.8) is 0 Å². The number of anilines is 1. The van der Waals surface area contributed by atoms with E-state index in [1.807, 2.05) is 13.8 Å². The number of aromatic nitrogens is 2. The van der Waals surface area contributed by atoms with Crippen LogP contribution in [0.15, 0.2) is 24.5 Å². The number of nitrogens with one attached hydrogen (secondary N) is 1. The largest absolute Gasteiger partial charge is 0.465 e. The molecule has 0 atom stereocenters. The Hall–Kier alpha value is -2.96.